The van der Waals surface area contributed by atoms with Crippen molar-refractivity contribution in [2.75, 3.05) is 10.6 Å². The van der Waals surface area contributed by atoms with Crippen LogP contribution in [0.4, 0.5) is 23.3 Å². The average molecular weight is 439 g/mol. The standard InChI is InChI=1S/C15H13N5O7S2/c21-15-19-13(16-9-3-1-5-11(7-9)28(22,23)24)18-14(20-15)17-10-4-2-6-12(8-10)29(25,26)27/h1-8H,(H,22,23,24)(H,25,26,27)(H3,16,17,18,19,20,21). The number of benzene rings is 2. The highest BCUT2D eigenvalue weighted by atomic mass is 32.2. The lowest BCUT2D eigenvalue weighted by Gasteiger charge is -2.09. The van der Waals surface area contributed by atoms with Crippen molar-refractivity contribution in [1.82, 2.24) is 15.0 Å². The summed E-state index contributed by atoms with van der Waals surface area (Å²) in [4.78, 5) is 20.9. The molecule has 0 saturated carbocycles. The molecule has 14 heteroatoms. The molecule has 0 spiro atoms. The first-order valence-electron chi connectivity index (χ1n) is 7.68. The van der Waals surface area contributed by atoms with E-state index in [0.717, 1.165) is 12.1 Å². The minimum Gasteiger partial charge on any atom is -0.326 e. The molecule has 5 N–H and O–H groups in total. The number of aromatic nitrogens is 3. The SMILES string of the molecule is O=c1nc(Nc2cccc(S(=O)(=O)O)c2)nc(Nc2cccc(S(=O)(=O)O)c2)[nH]1. The number of H-pyrrole nitrogens is 1. The van der Waals surface area contributed by atoms with Crippen LogP contribution in [0.25, 0.3) is 0 Å². The maximum Gasteiger partial charge on any atom is 0.351 e. The van der Waals surface area contributed by atoms with Crippen LogP contribution in [0.2, 0.25) is 0 Å². The fourth-order valence-corrected chi connectivity index (χ4v) is 3.29. The molecule has 12 nitrogen and oxygen atoms in total. The number of aromatic amines is 1. The lowest BCUT2D eigenvalue weighted by Crippen LogP contribution is -2.16. The molecule has 1 aromatic heterocycles. The Morgan fingerprint density at radius 1 is 0.793 bits per heavy atom. The van der Waals surface area contributed by atoms with E-state index in [-0.39, 0.29) is 33.1 Å². The van der Waals surface area contributed by atoms with Crippen LogP contribution in [-0.4, -0.2) is 40.9 Å². The van der Waals surface area contributed by atoms with E-state index in [1.807, 2.05) is 0 Å². The van der Waals surface area contributed by atoms with Crippen molar-refractivity contribution < 1.29 is 25.9 Å². The Morgan fingerprint density at radius 3 is 1.83 bits per heavy atom. The highest BCUT2D eigenvalue weighted by molar-refractivity contribution is 7.86. The molecule has 0 unspecified atom stereocenters. The summed E-state index contributed by atoms with van der Waals surface area (Å²) in [5.41, 5.74) is -0.416. The molecular weight excluding hydrogens is 426 g/mol. The Morgan fingerprint density at radius 2 is 1.31 bits per heavy atom. The van der Waals surface area contributed by atoms with Gasteiger partial charge >= 0.3 is 5.69 Å². The minimum atomic E-state index is -4.42. The number of anilines is 4. The molecule has 0 aliphatic rings. The molecular formula is C15H13N5O7S2. The molecule has 0 bridgehead atoms. The van der Waals surface area contributed by atoms with Gasteiger partial charge in [-0.1, -0.05) is 12.1 Å². The van der Waals surface area contributed by atoms with Gasteiger partial charge in [0, 0.05) is 11.4 Å². The molecule has 0 amide bonds. The second-order valence-electron chi connectivity index (χ2n) is 5.58. The second-order valence-corrected chi connectivity index (χ2v) is 8.42. The van der Waals surface area contributed by atoms with Gasteiger partial charge in [0.25, 0.3) is 20.2 Å². The molecule has 3 rings (SSSR count). The fraction of sp³-hybridized carbons (Fsp3) is 0. The number of hydrogen-bond acceptors (Lipinski definition) is 9. The van der Waals surface area contributed by atoms with Gasteiger partial charge in [0.1, 0.15) is 0 Å². The fourth-order valence-electron chi connectivity index (χ4n) is 2.23. The summed E-state index contributed by atoms with van der Waals surface area (Å²) in [6.45, 7) is 0. The van der Waals surface area contributed by atoms with Crippen LogP contribution in [0.1, 0.15) is 0 Å². The first-order valence-corrected chi connectivity index (χ1v) is 10.6. The zero-order valence-corrected chi connectivity index (χ0v) is 15.9. The summed E-state index contributed by atoms with van der Waals surface area (Å²) in [5, 5.41) is 5.29. The van der Waals surface area contributed by atoms with Crippen LogP contribution in [0.3, 0.4) is 0 Å². The topological polar surface area (TPSA) is 191 Å². The van der Waals surface area contributed by atoms with E-state index in [1.54, 1.807) is 0 Å². The summed E-state index contributed by atoms with van der Waals surface area (Å²) in [5.74, 6) is -0.305. The van der Waals surface area contributed by atoms with E-state index in [4.69, 9.17) is 9.11 Å². The minimum absolute atomic E-state index is 0.106. The Hall–Kier alpha value is -3.33. The first kappa shape index (κ1) is 20.4. The molecule has 0 aliphatic carbocycles. The molecule has 0 atom stereocenters. The quantitative estimate of drug-likeness (QED) is 0.346. The third kappa shape index (κ3) is 5.35. The highest BCUT2D eigenvalue weighted by Gasteiger charge is 2.12. The molecule has 152 valence electrons. The van der Waals surface area contributed by atoms with Crippen LogP contribution in [0, 0.1) is 0 Å². The van der Waals surface area contributed by atoms with Crippen molar-refractivity contribution >= 4 is 43.5 Å². The van der Waals surface area contributed by atoms with Gasteiger partial charge in [-0.25, -0.2) is 4.79 Å². The Labute approximate surface area is 164 Å². The van der Waals surface area contributed by atoms with Crippen molar-refractivity contribution in [3.05, 3.63) is 59.0 Å². The van der Waals surface area contributed by atoms with Crippen LogP contribution in [-0.2, 0) is 20.2 Å². The van der Waals surface area contributed by atoms with E-state index >= 15 is 0 Å². The summed E-state index contributed by atoms with van der Waals surface area (Å²) in [6, 6.07) is 10.2. The predicted molar refractivity (Wildman–Crippen MR) is 102 cm³/mol. The van der Waals surface area contributed by atoms with Gasteiger partial charge in [-0.2, -0.15) is 26.8 Å². The maximum atomic E-state index is 11.8. The Bertz CT molecular complexity index is 1240. The van der Waals surface area contributed by atoms with Gasteiger partial charge in [-0.3, -0.25) is 14.1 Å². The zero-order chi connectivity index (χ0) is 21.2. The predicted octanol–water partition coefficient (Wildman–Crippen LogP) is 1.15. The van der Waals surface area contributed by atoms with E-state index in [1.165, 1.54) is 36.4 Å². The van der Waals surface area contributed by atoms with Gasteiger partial charge in [0.2, 0.25) is 11.9 Å². The van der Waals surface area contributed by atoms with Gasteiger partial charge in [-0.05, 0) is 36.4 Å². The van der Waals surface area contributed by atoms with Crippen LogP contribution >= 0.6 is 0 Å². The first-order chi connectivity index (χ1) is 13.5. The van der Waals surface area contributed by atoms with Crippen molar-refractivity contribution in [3.63, 3.8) is 0 Å². The molecule has 2 aromatic carbocycles. The largest absolute Gasteiger partial charge is 0.351 e. The summed E-state index contributed by atoms with van der Waals surface area (Å²) in [6.07, 6.45) is 0. The van der Waals surface area contributed by atoms with Crippen LogP contribution in [0.15, 0.2) is 63.1 Å². The molecule has 0 saturated heterocycles. The molecule has 0 aliphatic heterocycles. The van der Waals surface area contributed by atoms with E-state index in [2.05, 4.69) is 25.6 Å². The maximum absolute atomic E-state index is 11.8. The molecule has 3 aromatic rings. The second kappa shape index (κ2) is 7.59. The number of hydrogen-bond donors (Lipinski definition) is 5. The van der Waals surface area contributed by atoms with Gasteiger partial charge in [0.15, 0.2) is 0 Å². The third-order valence-corrected chi connectivity index (χ3v) is 5.13. The zero-order valence-electron chi connectivity index (χ0n) is 14.3. The van der Waals surface area contributed by atoms with Gasteiger partial charge < -0.3 is 10.6 Å². The van der Waals surface area contributed by atoms with Crippen molar-refractivity contribution in [3.8, 4) is 0 Å². The number of nitrogens with one attached hydrogen (secondary N) is 3. The third-order valence-electron chi connectivity index (χ3n) is 3.43. The monoisotopic (exact) mass is 439 g/mol. The van der Waals surface area contributed by atoms with Crippen LogP contribution in [0.5, 0.6) is 0 Å². The normalized spacial score (nSPS) is 11.8. The Balaban J connectivity index is 1.89. The molecule has 29 heavy (non-hydrogen) atoms. The van der Waals surface area contributed by atoms with E-state index in [9.17, 15) is 21.6 Å². The smallest absolute Gasteiger partial charge is 0.326 e. The summed E-state index contributed by atoms with van der Waals surface area (Å²) in [7, 11) is -8.84. The van der Waals surface area contributed by atoms with Gasteiger partial charge in [0.05, 0.1) is 9.79 Å². The average Bonchev–Trinajstić information content (AvgIpc) is 2.60. The number of nitrogens with zero attached hydrogens (tertiary/aromatic N) is 2. The lowest BCUT2D eigenvalue weighted by atomic mass is 10.3. The van der Waals surface area contributed by atoms with Crippen molar-refractivity contribution in [1.29, 1.82) is 0 Å². The lowest BCUT2D eigenvalue weighted by molar-refractivity contribution is 0.481. The van der Waals surface area contributed by atoms with Crippen molar-refractivity contribution in [2.24, 2.45) is 0 Å². The van der Waals surface area contributed by atoms with Crippen LogP contribution < -0.4 is 16.3 Å². The summed E-state index contributed by atoms with van der Waals surface area (Å²) >= 11 is 0. The molecule has 1 heterocycles. The molecule has 0 fully saturated rings. The Kier molecular flexibility index (Phi) is 5.34. The summed E-state index contributed by atoms with van der Waals surface area (Å²) < 4.78 is 63.1. The van der Waals surface area contributed by atoms with E-state index in [0.29, 0.717) is 0 Å². The molecule has 0 radical (unpaired) electrons. The van der Waals surface area contributed by atoms with Gasteiger partial charge in [-0.15, -0.1) is 0 Å². The highest BCUT2D eigenvalue weighted by Crippen LogP contribution is 2.20. The van der Waals surface area contributed by atoms with Crippen molar-refractivity contribution in [2.45, 2.75) is 9.79 Å². The van der Waals surface area contributed by atoms with E-state index < -0.39 is 25.9 Å². The number of rotatable bonds is 6.